The van der Waals surface area contributed by atoms with Crippen LogP contribution in [0.15, 0.2) is 36.4 Å². The molecule has 0 radical (unpaired) electrons. The molecule has 2 saturated heterocycles. The molecule has 2 aromatic carbocycles. The molecule has 2 aromatic rings. The predicted molar refractivity (Wildman–Crippen MR) is 121 cm³/mol. The fourth-order valence-electron chi connectivity index (χ4n) is 5.47. The highest BCUT2D eigenvalue weighted by Gasteiger charge is 2.44. The van der Waals surface area contributed by atoms with E-state index in [1.54, 1.807) is 6.07 Å². The highest BCUT2D eigenvalue weighted by Crippen LogP contribution is 2.43. The van der Waals surface area contributed by atoms with Crippen LogP contribution in [0.3, 0.4) is 0 Å². The molecule has 0 saturated carbocycles. The fraction of sp³-hybridized carbons (Fsp3) is 0.538. The Morgan fingerprint density at radius 3 is 2.52 bits per heavy atom. The number of aryl methyl sites for hydroxylation is 3. The first-order valence-corrected chi connectivity index (χ1v) is 11.1. The van der Waals surface area contributed by atoms with Gasteiger partial charge in [0.2, 0.25) is 0 Å². The van der Waals surface area contributed by atoms with E-state index in [1.165, 1.54) is 27.8 Å². The summed E-state index contributed by atoms with van der Waals surface area (Å²) in [7, 11) is 0. The first-order chi connectivity index (χ1) is 13.8. The number of nitrogens with zero attached hydrogens (tertiary/aromatic N) is 2. The van der Waals surface area contributed by atoms with Gasteiger partial charge >= 0.3 is 0 Å². The van der Waals surface area contributed by atoms with Crippen LogP contribution in [-0.4, -0.2) is 47.1 Å². The molecule has 4 rings (SSSR count). The van der Waals surface area contributed by atoms with E-state index in [0.717, 1.165) is 39.1 Å². The van der Waals surface area contributed by atoms with Crippen LogP contribution >= 0.6 is 0 Å². The zero-order chi connectivity index (χ0) is 20.8. The first-order valence-electron chi connectivity index (χ1n) is 11.1. The Morgan fingerprint density at radius 2 is 1.76 bits per heavy atom. The maximum atomic E-state index is 10.0. The molecule has 2 aliphatic heterocycles. The van der Waals surface area contributed by atoms with E-state index in [9.17, 15) is 5.11 Å². The Morgan fingerprint density at radius 1 is 1.00 bits per heavy atom. The van der Waals surface area contributed by atoms with Gasteiger partial charge < -0.3 is 5.11 Å². The lowest BCUT2D eigenvalue weighted by atomic mass is 9.65. The molecule has 0 amide bonds. The van der Waals surface area contributed by atoms with E-state index < -0.39 is 0 Å². The van der Waals surface area contributed by atoms with Gasteiger partial charge in [-0.1, -0.05) is 38.1 Å². The molecule has 0 bridgehead atoms. The Balaban J connectivity index is 1.51. The van der Waals surface area contributed by atoms with Crippen LogP contribution in [0.25, 0.3) is 0 Å². The van der Waals surface area contributed by atoms with Crippen molar-refractivity contribution in [2.45, 2.75) is 59.0 Å². The van der Waals surface area contributed by atoms with Gasteiger partial charge in [-0.05, 0) is 78.5 Å². The van der Waals surface area contributed by atoms with Crippen molar-refractivity contribution in [3.63, 3.8) is 0 Å². The molecule has 2 aliphatic rings. The zero-order valence-corrected chi connectivity index (χ0v) is 18.7. The number of piperidine rings is 1. The minimum absolute atomic E-state index is 0.110. The van der Waals surface area contributed by atoms with Crippen molar-refractivity contribution >= 4 is 0 Å². The topological polar surface area (TPSA) is 26.7 Å². The SMILES string of the molecule is Cc1cc(C)c(CN2CCN3CC(C)[C@](C)(c4cccc(O)c4)CC3C2)cc1C. The Kier molecular flexibility index (Phi) is 5.48. The fourth-order valence-corrected chi connectivity index (χ4v) is 5.47. The van der Waals surface area contributed by atoms with Crippen LogP contribution in [0, 0.1) is 26.7 Å². The highest BCUT2D eigenvalue weighted by molar-refractivity contribution is 5.37. The summed E-state index contributed by atoms with van der Waals surface area (Å²) in [5, 5.41) is 10.0. The third kappa shape index (κ3) is 3.95. The average Bonchev–Trinajstić information content (AvgIpc) is 2.67. The van der Waals surface area contributed by atoms with Crippen molar-refractivity contribution < 1.29 is 5.11 Å². The van der Waals surface area contributed by atoms with Gasteiger partial charge in [-0.2, -0.15) is 0 Å². The zero-order valence-electron chi connectivity index (χ0n) is 18.7. The van der Waals surface area contributed by atoms with Crippen LogP contribution in [0.1, 0.15) is 48.1 Å². The lowest BCUT2D eigenvalue weighted by Gasteiger charge is -2.53. The van der Waals surface area contributed by atoms with E-state index in [0.29, 0.717) is 17.7 Å². The van der Waals surface area contributed by atoms with Gasteiger partial charge in [0.15, 0.2) is 0 Å². The molecule has 2 fully saturated rings. The molecular formula is C26H36N2O. The third-order valence-electron chi connectivity index (χ3n) is 7.80. The predicted octanol–water partition coefficient (Wildman–Crippen LogP) is 4.80. The third-order valence-corrected chi connectivity index (χ3v) is 7.80. The van der Waals surface area contributed by atoms with Crippen molar-refractivity contribution in [2.24, 2.45) is 5.92 Å². The molecule has 1 N–H and O–H groups in total. The van der Waals surface area contributed by atoms with E-state index in [4.69, 9.17) is 0 Å². The van der Waals surface area contributed by atoms with Gasteiger partial charge in [-0.3, -0.25) is 9.80 Å². The van der Waals surface area contributed by atoms with Crippen molar-refractivity contribution in [3.05, 3.63) is 64.2 Å². The summed E-state index contributed by atoms with van der Waals surface area (Å²) in [6, 6.07) is 13.2. The monoisotopic (exact) mass is 392 g/mol. The van der Waals surface area contributed by atoms with Crippen molar-refractivity contribution in [3.8, 4) is 5.75 Å². The summed E-state index contributed by atoms with van der Waals surface area (Å²) >= 11 is 0. The second kappa shape index (κ2) is 7.77. The number of aromatic hydroxyl groups is 1. The number of phenolic OH excluding ortho intramolecular Hbond substituents is 1. The molecule has 0 aromatic heterocycles. The van der Waals surface area contributed by atoms with Gasteiger partial charge in [0, 0.05) is 38.8 Å². The summed E-state index contributed by atoms with van der Waals surface area (Å²) in [6.45, 7) is 17.1. The van der Waals surface area contributed by atoms with Crippen molar-refractivity contribution in [2.75, 3.05) is 26.2 Å². The normalized spacial score (nSPS) is 28.3. The minimum Gasteiger partial charge on any atom is -0.508 e. The summed E-state index contributed by atoms with van der Waals surface area (Å²) in [5.41, 5.74) is 7.07. The minimum atomic E-state index is 0.110. The summed E-state index contributed by atoms with van der Waals surface area (Å²) in [6.07, 6.45) is 1.15. The molecular weight excluding hydrogens is 356 g/mol. The van der Waals surface area contributed by atoms with E-state index in [2.05, 4.69) is 62.6 Å². The van der Waals surface area contributed by atoms with Crippen LogP contribution in [0.4, 0.5) is 0 Å². The van der Waals surface area contributed by atoms with Crippen LogP contribution in [-0.2, 0) is 12.0 Å². The standard InChI is InChI=1S/C26H36N2O/c1-18-11-20(3)22(12-19(18)2)16-27-9-10-28-15-21(4)26(5,14-24(28)17-27)23-7-6-8-25(29)13-23/h6-8,11-13,21,24,29H,9-10,14-17H2,1-5H3/t21?,24?,26-/m1/s1. The van der Waals surface area contributed by atoms with E-state index in [1.807, 2.05) is 12.1 Å². The lowest BCUT2D eigenvalue weighted by Crippen LogP contribution is -2.60. The quantitative estimate of drug-likeness (QED) is 0.813. The maximum Gasteiger partial charge on any atom is 0.115 e. The van der Waals surface area contributed by atoms with Gasteiger partial charge in [-0.25, -0.2) is 0 Å². The smallest absolute Gasteiger partial charge is 0.115 e. The molecule has 3 nitrogen and oxygen atoms in total. The number of hydrogen-bond acceptors (Lipinski definition) is 3. The Labute approximate surface area is 176 Å². The second-order valence-corrected chi connectivity index (χ2v) is 9.82. The van der Waals surface area contributed by atoms with Gasteiger partial charge in [0.05, 0.1) is 0 Å². The molecule has 0 spiro atoms. The van der Waals surface area contributed by atoms with Gasteiger partial charge in [-0.15, -0.1) is 0 Å². The van der Waals surface area contributed by atoms with Crippen molar-refractivity contribution in [1.29, 1.82) is 0 Å². The molecule has 2 heterocycles. The molecule has 0 aliphatic carbocycles. The highest BCUT2D eigenvalue weighted by atomic mass is 16.3. The number of piperazine rings is 1. The molecule has 3 heteroatoms. The number of benzene rings is 2. The molecule has 3 atom stereocenters. The van der Waals surface area contributed by atoms with E-state index in [-0.39, 0.29) is 5.41 Å². The van der Waals surface area contributed by atoms with Crippen LogP contribution < -0.4 is 0 Å². The van der Waals surface area contributed by atoms with Crippen LogP contribution in [0.2, 0.25) is 0 Å². The summed E-state index contributed by atoms with van der Waals surface area (Å²) < 4.78 is 0. The number of fused-ring (bicyclic) bond motifs is 1. The van der Waals surface area contributed by atoms with Gasteiger partial charge in [0.25, 0.3) is 0 Å². The summed E-state index contributed by atoms with van der Waals surface area (Å²) in [4.78, 5) is 5.36. The second-order valence-electron chi connectivity index (χ2n) is 9.82. The average molecular weight is 393 g/mol. The lowest BCUT2D eigenvalue weighted by molar-refractivity contribution is -0.00562. The Bertz CT molecular complexity index is 892. The Hall–Kier alpha value is -1.84. The molecule has 2 unspecified atom stereocenters. The number of phenols is 1. The summed E-state index contributed by atoms with van der Waals surface area (Å²) in [5.74, 6) is 0.961. The molecule has 29 heavy (non-hydrogen) atoms. The first kappa shape index (κ1) is 20.4. The van der Waals surface area contributed by atoms with Crippen LogP contribution in [0.5, 0.6) is 5.75 Å². The number of rotatable bonds is 3. The van der Waals surface area contributed by atoms with Crippen molar-refractivity contribution in [1.82, 2.24) is 9.80 Å². The largest absolute Gasteiger partial charge is 0.508 e. The molecule has 156 valence electrons. The van der Waals surface area contributed by atoms with E-state index >= 15 is 0 Å². The number of hydrogen-bond donors (Lipinski definition) is 1. The van der Waals surface area contributed by atoms with Gasteiger partial charge in [0.1, 0.15) is 5.75 Å². The maximum absolute atomic E-state index is 10.0.